The topological polar surface area (TPSA) is 40.5 Å². The third kappa shape index (κ3) is 2.89. The molecule has 4 heteroatoms. The maximum atomic E-state index is 11.6. The van der Waals surface area contributed by atoms with Crippen molar-refractivity contribution in [2.24, 2.45) is 7.05 Å². The highest BCUT2D eigenvalue weighted by Crippen LogP contribution is 2.26. The highest BCUT2D eigenvalue weighted by atomic mass is 16.5. The molecule has 1 aromatic carbocycles. The largest absolute Gasteiger partial charge is 0.494 e. The number of fused-ring (bicyclic) bond motifs is 1. The van der Waals surface area contributed by atoms with Gasteiger partial charge >= 0.3 is 5.97 Å². The van der Waals surface area contributed by atoms with Crippen molar-refractivity contribution in [3.05, 3.63) is 30.0 Å². The number of ether oxygens (including phenoxy) is 2. The van der Waals surface area contributed by atoms with E-state index in [1.807, 2.05) is 49.9 Å². The Labute approximate surface area is 112 Å². The third-order valence-corrected chi connectivity index (χ3v) is 2.99. The molecule has 4 nitrogen and oxygen atoms in total. The first-order valence-electron chi connectivity index (χ1n) is 6.52. The molecule has 2 aromatic rings. The van der Waals surface area contributed by atoms with Crippen LogP contribution in [0.15, 0.2) is 24.4 Å². The van der Waals surface area contributed by atoms with Gasteiger partial charge in [0.05, 0.1) is 19.6 Å². The van der Waals surface area contributed by atoms with Gasteiger partial charge < -0.3 is 14.0 Å². The fraction of sp³-hybridized carbons (Fsp3) is 0.400. The van der Waals surface area contributed by atoms with Gasteiger partial charge in [-0.15, -0.1) is 0 Å². The van der Waals surface area contributed by atoms with Crippen LogP contribution >= 0.6 is 0 Å². The van der Waals surface area contributed by atoms with E-state index >= 15 is 0 Å². The van der Waals surface area contributed by atoms with Gasteiger partial charge in [0.1, 0.15) is 5.75 Å². The number of esters is 1. The molecule has 0 spiro atoms. The van der Waals surface area contributed by atoms with Crippen LogP contribution in [0, 0.1) is 0 Å². The standard InChI is InChI=1S/C15H19NO3/c1-4-18-12-6-7-14-13(9-12)11(10-16(14)3)8-15(17)19-5-2/h6-7,9-10H,4-5,8H2,1-3H3. The van der Waals surface area contributed by atoms with Crippen molar-refractivity contribution in [1.82, 2.24) is 4.57 Å². The highest BCUT2D eigenvalue weighted by molar-refractivity contribution is 5.89. The molecule has 0 radical (unpaired) electrons. The number of hydrogen-bond acceptors (Lipinski definition) is 3. The maximum absolute atomic E-state index is 11.6. The van der Waals surface area contributed by atoms with Crippen LogP contribution in [0.1, 0.15) is 19.4 Å². The normalized spacial score (nSPS) is 10.7. The van der Waals surface area contributed by atoms with E-state index in [4.69, 9.17) is 9.47 Å². The summed E-state index contributed by atoms with van der Waals surface area (Å²) in [5.41, 5.74) is 2.06. The van der Waals surface area contributed by atoms with Crippen molar-refractivity contribution >= 4 is 16.9 Å². The Morgan fingerprint density at radius 1 is 1.26 bits per heavy atom. The summed E-state index contributed by atoms with van der Waals surface area (Å²) in [6, 6.07) is 5.93. The maximum Gasteiger partial charge on any atom is 0.310 e. The molecule has 0 aliphatic heterocycles. The lowest BCUT2D eigenvalue weighted by Gasteiger charge is -2.04. The summed E-state index contributed by atoms with van der Waals surface area (Å²) >= 11 is 0. The van der Waals surface area contributed by atoms with Gasteiger partial charge in [0.15, 0.2) is 0 Å². The molecule has 0 saturated heterocycles. The van der Waals surface area contributed by atoms with Crippen molar-refractivity contribution in [1.29, 1.82) is 0 Å². The van der Waals surface area contributed by atoms with Gasteiger partial charge in [-0.1, -0.05) is 0 Å². The monoisotopic (exact) mass is 261 g/mol. The fourth-order valence-corrected chi connectivity index (χ4v) is 2.22. The van der Waals surface area contributed by atoms with Crippen molar-refractivity contribution < 1.29 is 14.3 Å². The van der Waals surface area contributed by atoms with Crippen molar-refractivity contribution in [2.45, 2.75) is 20.3 Å². The van der Waals surface area contributed by atoms with E-state index in [0.29, 0.717) is 19.6 Å². The fourth-order valence-electron chi connectivity index (χ4n) is 2.22. The van der Waals surface area contributed by atoms with Crippen LogP contribution in [0.3, 0.4) is 0 Å². The molecule has 0 unspecified atom stereocenters. The second kappa shape index (κ2) is 5.78. The molecule has 0 aliphatic carbocycles. The van der Waals surface area contributed by atoms with E-state index < -0.39 is 0 Å². The van der Waals surface area contributed by atoms with Crippen molar-refractivity contribution in [3.63, 3.8) is 0 Å². The molecular formula is C15H19NO3. The number of benzene rings is 1. The van der Waals surface area contributed by atoms with E-state index in [2.05, 4.69) is 0 Å². The number of hydrogen-bond donors (Lipinski definition) is 0. The Morgan fingerprint density at radius 3 is 2.74 bits per heavy atom. The van der Waals surface area contributed by atoms with Crippen LogP contribution in [-0.2, 0) is 23.0 Å². The van der Waals surface area contributed by atoms with E-state index in [-0.39, 0.29) is 5.97 Å². The lowest BCUT2D eigenvalue weighted by atomic mass is 10.1. The van der Waals surface area contributed by atoms with Crippen LogP contribution < -0.4 is 4.74 Å². The third-order valence-electron chi connectivity index (χ3n) is 2.99. The zero-order valence-corrected chi connectivity index (χ0v) is 11.6. The van der Waals surface area contributed by atoms with Crippen LogP contribution in [0.2, 0.25) is 0 Å². The van der Waals surface area contributed by atoms with Crippen molar-refractivity contribution in [3.8, 4) is 5.75 Å². The number of rotatable bonds is 5. The Morgan fingerprint density at radius 2 is 2.05 bits per heavy atom. The summed E-state index contributed by atoms with van der Waals surface area (Å²) < 4.78 is 12.5. The first-order chi connectivity index (χ1) is 9.15. The Kier molecular flexibility index (Phi) is 4.10. The molecule has 102 valence electrons. The number of aromatic nitrogens is 1. The van der Waals surface area contributed by atoms with Gasteiger partial charge in [-0.05, 0) is 37.6 Å². The van der Waals surface area contributed by atoms with Crippen LogP contribution in [0.4, 0.5) is 0 Å². The smallest absolute Gasteiger partial charge is 0.310 e. The summed E-state index contributed by atoms with van der Waals surface area (Å²) in [5.74, 6) is 0.628. The average Bonchev–Trinajstić information content (AvgIpc) is 2.67. The summed E-state index contributed by atoms with van der Waals surface area (Å²) in [5, 5.41) is 1.04. The van der Waals surface area contributed by atoms with Gasteiger partial charge in [-0.2, -0.15) is 0 Å². The summed E-state index contributed by atoms with van der Waals surface area (Å²) in [4.78, 5) is 11.6. The molecule has 0 fully saturated rings. The number of carbonyl (C=O) groups excluding carboxylic acids is 1. The lowest BCUT2D eigenvalue weighted by molar-refractivity contribution is -0.142. The Balaban J connectivity index is 2.37. The summed E-state index contributed by atoms with van der Waals surface area (Å²) in [7, 11) is 1.97. The van der Waals surface area contributed by atoms with E-state index in [9.17, 15) is 4.79 Å². The predicted molar refractivity (Wildman–Crippen MR) is 74.4 cm³/mol. The van der Waals surface area contributed by atoms with E-state index in [1.54, 1.807) is 0 Å². The molecule has 0 aliphatic rings. The molecular weight excluding hydrogens is 242 g/mol. The molecule has 0 bridgehead atoms. The van der Waals surface area contributed by atoms with Crippen LogP contribution in [0.5, 0.6) is 5.75 Å². The van der Waals surface area contributed by atoms with Gasteiger partial charge in [0.25, 0.3) is 0 Å². The van der Waals surface area contributed by atoms with E-state index in [0.717, 1.165) is 22.2 Å². The molecule has 19 heavy (non-hydrogen) atoms. The minimum absolute atomic E-state index is 0.197. The minimum Gasteiger partial charge on any atom is -0.494 e. The molecule has 0 amide bonds. The number of aryl methyl sites for hydroxylation is 1. The predicted octanol–water partition coefficient (Wildman–Crippen LogP) is 2.68. The second-order valence-corrected chi connectivity index (χ2v) is 4.36. The molecule has 1 heterocycles. The summed E-state index contributed by atoms with van der Waals surface area (Å²) in [6.07, 6.45) is 2.26. The first kappa shape index (κ1) is 13.5. The first-order valence-corrected chi connectivity index (χ1v) is 6.52. The van der Waals surface area contributed by atoms with Gasteiger partial charge in [0, 0.05) is 24.1 Å². The average molecular weight is 261 g/mol. The van der Waals surface area contributed by atoms with Gasteiger partial charge in [-0.25, -0.2) is 0 Å². The quantitative estimate of drug-likeness (QED) is 0.777. The zero-order valence-electron chi connectivity index (χ0n) is 11.6. The zero-order chi connectivity index (χ0) is 13.8. The van der Waals surface area contributed by atoms with Crippen molar-refractivity contribution in [2.75, 3.05) is 13.2 Å². The number of carbonyl (C=O) groups is 1. The molecule has 0 N–H and O–H groups in total. The highest BCUT2D eigenvalue weighted by Gasteiger charge is 2.12. The molecule has 2 rings (SSSR count). The summed E-state index contributed by atoms with van der Waals surface area (Å²) in [6.45, 7) is 4.81. The molecule has 1 aromatic heterocycles. The van der Waals surface area contributed by atoms with E-state index in [1.165, 1.54) is 0 Å². The van der Waals surface area contributed by atoms with Gasteiger partial charge in [0.2, 0.25) is 0 Å². The van der Waals surface area contributed by atoms with Crippen LogP contribution in [0.25, 0.3) is 10.9 Å². The SMILES string of the molecule is CCOC(=O)Cc1cn(C)c2ccc(OCC)cc12. The molecule has 0 atom stereocenters. The second-order valence-electron chi connectivity index (χ2n) is 4.36. The number of nitrogens with zero attached hydrogens (tertiary/aromatic N) is 1. The molecule has 0 saturated carbocycles. The lowest BCUT2D eigenvalue weighted by Crippen LogP contribution is -2.07. The van der Waals surface area contributed by atoms with Gasteiger partial charge in [-0.3, -0.25) is 4.79 Å². The Bertz CT molecular complexity index is 586. The van der Waals surface area contributed by atoms with Crippen LogP contribution in [-0.4, -0.2) is 23.8 Å². The minimum atomic E-state index is -0.197. The Hall–Kier alpha value is -1.97.